The number of amides is 2. The lowest BCUT2D eigenvalue weighted by Gasteiger charge is -2.09. The Labute approximate surface area is 132 Å². The quantitative estimate of drug-likeness (QED) is 0.263. The van der Waals surface area contributed by atoms with E-state index in [1.165, 1.54) is 0 Å². The summed E-state index contributed by atoms with van der Waals surface area (Å²) in [6.45, 7) is -0.0230. The van der Waals surface area contributed by atoms with Crippen molar-refractivity contribution in [2.75, 3.05) is 6.79 Å². The van der Waals surface area contributed by atoms with Crippen molar-refractivity contribution in [3.8, 4) is 11.5 Å². The van der Waals surface area contributed by atoms with Gasteiger partial charge in [-0.1, -0.05) is 0 Å². The monoisotopic (exact) mass is 316 g/mol. The molecule has 0 fully saturated rings. The van der Waals surface area contributed by atoms with Crippen LogP contribution in [-0.2, 0) is 0 Å². The SMILES string of the molecule is NNC(=O)c1ccc(OCOc2ccc(C(=O)NN)cc2)cc1. The Morgan fingerprint density at radius 3 is 1.39 bits per heavy atom. The maximum atomic E-state index is 11.3. The van der Waals surface area contributed by atoms with Crippen LogP contribution in [0.3, 0.4) is 0 Å². The first-order chi connectivity index (χ1) is 11.1. The van der Waals surface area contributed by atoms with E-state index in [1.807, 2.05) is 10.9 Å². The highest BCUT2D eigenvalue weighted by Gasteiger charge is 2.04. The van der Waals surface area contributed by atoms with Gasteiger partial charge in [0.05, 0.1) is 0 Å². The fourth-order valence-corrected chi connectivity index (χ4v) is 1.74. The van der Waals surface area contributed by atoms with Crippen LogP contribution in [0.1, 0.15) is 20.7 Å². The third-order valence-electron chi connectivity index (χ3n) is 2.95. The second kappa shape index (κ2) is 7.78. The second-order valence-electron chi connectivity index (χ2n) is 4.40. The molecule has 23 heavy (non-hydrogen) atoms. The Morgan fingerprint density at radius 1 is 0.739 bits per heavy atom. The van der Waals surface area contributed by atoms with Gasteiger partial charge in [0, 0.05) is 11.1 Å². The number of hydrogen-bond donors (Lipinski definition) is 4. The van der Waals surface area contributed by atoms with Gasteiger partial charge in [-0.25, -0.2) is 11.7 Å². The van der Waals surface area contributed by atoms with Crippen LogP contribution in [0.5, 0.6) is 11.5 Å². The van der Waals surface area contributed by atoms with Crippen molar-refractivity contribution in [1.82, 2.24) is 10.9 Å². The van der Waals surface area contributed by atoms with Crippen LogP contribution in [0.4, 0.5) is 0 Å². The number of nitrogens with two attached hydrogens (primary N) is 2. The zero-order chi connectivity index (χ0) is 16.7. The summed E-state index contributed by atoms with van der Waals surface area (Å²) in [7, 11) is 0. The minimum atomic E-state index is -0.380. The van der Waals surface area contributed by atoms with Gasteiger partial charge < -0.3 is 9.47 Å². The van der Waals surface area contributed by atoms with E-state index >= 15 is 0 Å². The number of nitrogen functional groups attached to an aromatic ring is 2. The molecule has 0 aliphatic heterocycles. The molecule has 0 saturated heterocycles. The van der Waals surface area contributed by atoms with Gasteiger partial charge in [0.1, 0.15) is 11.5 Å². The number of ether oxygens (including phenoxy) is 2. The molecule has 0 aliphatic carbocycles. The maximum Gasteiger partial charge on any atom is 0.265 e. The van der Waals surface area contributed by atoms with Crippen molar-refractivity contribution < 1.29 is 19.1 Å². The lowest BCUT2D eigenvalue weighted by Crippen LogP contribution is -2.29. The molecule has 0 heterocycles. The molecule has 2 amide bonds. The van der Waals surface area contributed by atoms with Crippen LogP contribution in [-0.4, -0.2) is 18.6 Å². The number of rotatable bonds is 6. The number of hydrogen-bond acceptors (Lipinski definition) is 6. The Hall–Kier alpha value is -3.10. The van der Waals surface area contributed by atoms with Crippen LogP contribution in [0.2, 0.25) is 0 Å². The molecule has 0 aliphatic rings. The number of nitrogens with one attached hydrogen (secondary N) is 2. The summed E-state index contributed by atoms with van der Waals surface area (Å²) in [4.78, 5) is 22.6. The average Bonchev–Trinajstić information content (AvgIpc) is 2.61. The third-order valence-corrected chi connectivity index (χ3v) is 2.95. The Bertz CT molecular complexity index is 611. The molecule has 8 nitrogen and oxygen atoms in total. The number of carbonyl (C=O) groups is 2. The molecule has 8 heteroatoms. The van der Waals surface area contributed by atoms with Crippen molar-refractivity contribution in [2.45, 2.75) is 0 Å². The van der Waals surface area contributed by atoms with E-state index in [1.54, 1.807) is 48.5 Å². The first-order valence-corrected chi connectivity index (χ1v) is 6.61. The molecular formula is C15H16N4O4. The molecule has 2 aromatic rings. The lowest BCUT2D eigenvalue weighted by atomic mass is 10.2. The summed E-state index contributed by atoms with van der Waals surface area (Å²) in [6.07, 6.45) is 0. The van der Waals surface area contributed by atoms with Crippen molar-refractivity contribution in [1.29, 1.82) is 0 Å². The summed E-state index contributed by atoms with van der Waals surface area (Å²) in [5, 5.41) is 0. The largest absolute Gasteiger partial charge is 0.458 e. The van der Waals surface area contributed by atoms with E-state index in [9.17, 15) is 9.59 Å². The molecule has 0 atom stereocenters. The minimum Gasteiger partial charge on any atom is -0.458 e. The fourth-order valence-electron chi connectivity index (χ4n) is 1.74. The molecular weight excluding hydrogens is 300 g/mol. The van der Waals surface area contributed by atoms with E-state index < -0.39 is 0 Å². The van der Waals surface area contributed by atoms with Gasteiger partial charge in [-0.3, -0.25) is 20.4 Å². The van der Waals surface area contributed by atoms with Gasteiger partial charge in [0.25, 0.3) is 11.8 Å². The van der Waals surface area contributed by atoms with Crippen molar-refractivity contribution in [2.24, 2.45) is 11.7 Å². The predicted octanol–water partition coefficient (Wildman–Crippen LogP) is 0.309. The highest BCUT2D eigenvalue weighted by Crippen LogP contribution is 2.15. The van der Waals surface area contributed by atoms with E-state index in [2.05, 4.69) is 0 Å². The first kappa shape index (κ1) is 16.3. The van der Waals surface area contributed by atoms with Crippen LogP contribution >= 0.6 is 0 Å². The smallest absolute Gasteiger partial charge is 0.265 e. The summed E-state index contributed by atoms with van der Waals surface area (Å²) >= 11 is 0. The Balaban J connectivity index is 1.85. The molecule has 0 unspecified atom stereocenters. The van der Waals surface area contributed by atoms with Gasteiger partial charge >= 0.3 is 0 Å². The molecule has 0 bridgehead atoms. The topological polar surface area (TPSA) is 129 Å². The van der Waals surface area contributed by atoms with Crippen LogP contribution in [0.15, 0.2) is 48.5 Å². The lowest BCUT2D eigenvalue weighted by molar-refractivity contribution is 0.0945. The van der Waals surface area contributed by atoms with Crippen molar-refractivity contribution in [3.05, 3.63) is 59.7 Å². The molecule has 2 aromatic carbocycles. The summed E-state index contributed by atoms with van der Waals surface area (Å²) in [5.41, 5.74) is 4.93. The standard InChI is InChI=1S/C15H16N4O4/c16-18-14(20)10-1-5-12(6-2-10)22-9-23-13-7-3-11(4-8-13)15(21)19-17/h1-8H,9,16-17H2,(H,18,20)(H,19,21). The molecule has 6 N–H and O–H groups in total. The third kappa shape index (κ3) is 4.43. The van der Waals surface area contributed by atoms with Crippen LogP contribution in [0, 0.1) is 0 Å². The van der Waals surface area contributed by atoms with Crippen molar-refractivity contribution >= 4 is 11.8 Å². The average molecular weight is 316 g/mol. The second-order valence-corrected chi connectivity index (χ2v) is 4.40. The number of benzene rings is 2. The minimum absolute atomic E-state index is 0.0230. The van der Waals surface area contributed by atoms with Gasteiger partial charge in [-0.05, 0) is 48.5 Å². The fraction of sp³-hybridized carbons (Fsp3) is 0.0667. The van der Waals surface area contributed by atoms with Gasteiger partial charge in [-0.15, -0.1) is 0 Å². The molecule has 0 radical (unpaired) electrons. The number of hydrazine groups is 2. The van der Waals surface area contributed by atoms with Gasteiger partial charge in [-0.2, -0.15) is 0 Å². The van der Waals surface area contributed by atoms with Crippen LogP contribution < -0.4 is 32.0 Å². The van der Waals surface area contributed by atoms with E-state index in [4.69, 9.17) is 21.2 Å². The summed E-state index contributed by atoms with van der Waals surface area (Å²) < 4.78 is 10.8. The Morgan fingerprint density at radius 2 is 1.09 bits per heavy atom. The highest BCUT2D eigenvalue weighted by molar-refractivity contribution is 5.94. The van der Waals surface area contributed by atoms with E-state index in [-0.39, 0.29) is 18.6 Å². The Kier molecular flexibility index (Phi) is 5.50. The molecule has 120 valence electrons. The normalized spacial score (nSPS) is 9.83. The molecule has 0 aromatic heterocycles. The maximum absolute atomic E-state index is 11.3. The zero-order valence-corrected chi connectivity index (χ0v) is 12.1. The molecule has 0 spiro atoms. The molecule has 0 saturated carbocycles. The van der Waals surface area contributed by atoms with E-state index in [0.717, 1.165) is 0 Å². The zero-order valence-electron chi connectivity index (χ0n) is 12.1. The van der Waals surface area contributed by atoms with Gasteiger partial charge in [0.2, 0.25) is 6.79 Å². The predicted molar refractivity (Wildman–Crippen MR) is 82.3 cm³/mol. The molecule has 2 rings (SSSR count). The highest BCUT2D eigenvalue weighted by atomic mass is 16.7. The summed E-state index contributed by atoms with van der Waals surface area (Å²) in [5.74, 6) is 10.4. The van der Waals surface area contributed by atoms with Crippen LogP contribution in [0.25, 0.3) is 0 Å². The van der Waals surface area contributed by atoms with Crippen molar-refractivity contribution in [3.63, 3.8) is 0 Å². The van der Waals surface area contributed by atoms with E-state index in [0.29, 0.717) is 22.6 Å². The van der Waals surface area contributed by atoms with Gasteiger partial charge in [0.15, 0.2) is 0 Å². The first-order valence-electron chi connectivity index (χ1n) is 6.61. The summed E-state index contributed by atoms with van der Waals surface area (Å²) in [6, 6.07) is 12.8. The number of carbonyl (C=O) groups excluding carboxylic acids is 2.